The first-order chi connectivity index (χ1) is 15.5. The third-order valence-corrected chi connectivity index (χ3v) is 6.51. The van der Waals surface area contributed by atoms with Gasteiger partial charge in [0.25, 0.3) is 5.91 Å². The molecule has 1 atom stereocenters. The van der Waals surface area contributed by atoms with Crippen LogP contribution < -0.4 is 20.1 Å². The van der Waals surface area contributed by atoms with E-state index in [0.717, 1.165) is 28.6 Å². The van der Waals surface area contributed by atoms with E-state index in [2.05, 4.69) is 15.6 Å². The second kappa shape index (κ2) is 10.4. The van der Waals surface area contributed by atoms with Crippen LogP contribution >= 0.6 is 23.1 Å². The van der Waals surface area contributed by atoms with Crippen LogP contribution in [0.4, 0.5) is 5.13 Å². The molecule has 168 valence electrons. The van der Waals surface area contributed by atoms with Gasteiger partial charge in [0.2, 0.25) is 0 Å². The van der Waals surface area contributed by atoms with Crippen molar-refractivity contribution >= 4 is 34.1 Å². The number of carbonyl (C=O) groups excluding carboxylic acids is 1. The lowest BCUT2D eigenvalue weighted by Gasteiger charge is -2.16. The lowest BCUT2D eigenvalue weighted by Crippen LogP contribution is -2.18. The van der Waals surface area contributed by atoms with Crippen molar-refractivity contribution in [3.63, 3.8) is 0 Å². The highest BCUT2D eigenvalue weighted by atomic mass is 32.2. The van der Waals surface area contributed by atoms with Crippen LogP contribution in [0.1, 0.15) is 27.9 Å². The molecule has 1 unspecified atom stereocenters. The largest absolute Gasteiger partial charge is 0.488 e. The van der Waals surface area contributed by atoms with Crippen LogP contribution in [0.25, 0.3) is 0 Å². The third kappa shape index (κ3) is 5.60. The molecule has 3 aromatic rings. The zero-order chi connectivity index (χ0) is 22.5. The van der Waals surface area contributed by atoms with Crippen LogP contribution in [0.2, 0.25) is 0 Å². The Bertz CT molecular complexity index is 1060. The lowest BCUT2D eigenvalue weighted by atomic mass is 10.2. The van der Waals surface area contributed by atoms with Crippen molar-refractivity contribution in [2.24, 2.45) is 0 Å². The fourth-order valence-electron chi connectivity index (χ4n) is 3.29. The smallest absolute Gasteiger partial charge is 0.257 e. The second-order valence-corrected chi connectivity index (χ2v) is 9.26. The molecule has 2 aromatic carbocycles. The average molecular weight is 472 g/mol. The zero-order valence-corrected chi connectivity index (χ0v) is 19.8. The Labute approximate surface area is 195 Å². The molecular formula is C23H25N3O4S2. The molecule has 0 fully saturated rings. The molecule has 1 aliphatic rings. The first-order valence-corrected chi connectivity index (χ1v) is 12.2. The van der Waals surface area contributed by atoms with E-state index in [1.54, 1.807) is 37.1 Å². The third-order valence-electron chi connectivity index (χ3n) is 4.75. The number of carbonyl (C=O) groups is 1. The minimum atomic E-state index is -0.266. The number of fused-ring (bicyclic) bond motifs is 1. The first-order valence-electron chi connectivity index (χ1n) is 10.2. The molecule has 0 spiro atoms. The Hall–Kier alpha value is -2.59. The van der Waals surface area contributed by atoms with Crippen molar-refractivity contribution < 1.29 is 19.0 Å². The number of thioether (sulfide) groups is 1. The highest BCUT2D eigenvalue weighted by molar-refractivity contribution is 7.98. The predicted molar refractivity (Wildman–Crippen MR) is 127 cm³/mol. The molecule has 0 saturated carbocycles. The highest BCUT2D eigenvalue weighted by Gasteiger charge is 2.19. The number of hydrogen-bond acceptors (Lipinski definition) is 8. The second-order valence-electron chi connectivity index (χ2n) is 7.30. The van der Waals surface area contributed by atoms with Gasteiger partial charge in [-0.3, -0.25) is 10.1 Å². The zero-order valence-electron chi connectivity index (χ0n) is 18.1. The number of aromatic nitrogens is 1. The summed E-state index contributed by atoms with van der Waals surface area (Å²) in [6, 6.07) is 13.0. The van der Waals surface area contributed by atoms with Gasteiger partial charge >= 0.3 is 0 Å². The van der Waals surface area contributed by atoms with Gasteiger partial charge in [-0.2, -0.15) is 0 Å². The summed E-state index contributed by atoms with van der Waals surface area (Å²) in [6.45, 7) is 3.86. The van der Waals surface area contributed by atoms with Crippen molar-refractivity contribution in [3.05, 3.63) is 58.6 Å². The summed E-state index contributed by atoms with van der Waals surface area (Å²) in [4.78, 5) is 19.8. The van der Waals surface area contributed by atoms with Crippen molar-refractivity contribution in [2.45, 2.75) is 31.0 Å². The van der Waals surface area contributed by atoms with Gasteiger partial charge in [-0.1, -0.05) is 0 Å². The molecule has 2 N–H and O–H groups in total. The fraction of sp³-hybridized carbons (Fsp3) is 0.304. The van der Waals surface area contributed by atoms with Crippen LogP contribution in [0, 0.1) is 0 Å². The molecule has 0 saturated heterocycles. The standard InChI is InChI=1S/C23H25N3O4S2/c1-14(13-28-2)29-17-8-15(22(27)26-23-25-20-11-24-12-21(20)32-23)9-18(10-17)30-16-4-6-19(31-3)7-5-16/h4-10,14,24H,11-13H2,1-3H3,(H,25,26,27). The van der Waals surface area contributed by atoms with Gasteiger partial charge in [-0.05, 0) is 49.6 Å². The van der Waals surface area contributed by atoms with E-state index in [-0.39, 0.29) is 12.0 Å². The molecule has 0 radical (unpaired) electrons. The van der Waals surface area contributed by atoms with E-state index in [0.29, 0.717) is 34.6 Å². The molecule has 1 aromatic heterocycles. The summed E-state index contributed by atoms with van der Waals surface area (Å²) in [7, 11) is 1.62. The number of nitrogens with zero attached hydrogens (tertiary/aromatic N) is 1. The Morgan fingerprint density at radius 3 is 2.69 bits per heavy atom. The molecular weight excluding hydrogens is 446 g/mol. The molecule has 1 aliphatic heterocycles. The number of thiazole rings is 1. The Morgan fingerprint density at radius 1 is 1.19 bits per heavy atom. The number of hydrogen-bond donors (Lipinski definition) is 2. The molecule has 0 aliphatic carbocycles. The van der Waals surface area contributed by atoms with Gasteiger partial charge in [0.1, 0.15) is 23.4 Å². The van der Waals surface area contributed by atoms with Crippen molar-refractivity contribution in [1.82, 2.24) is 10.3 Å². The highest BCUT2D eigenvalue weighted by Crippen LogP contribution is 2.31. The quantitative estimate of drug-likeness (QED) is 0.428. The van der Waals surface area contributed by atoms with E-state index in [1.807, 2.05) is 37.4 Å². The Balaban J connectivity index is 1.56. The number of benzene rings is 2. The summed E-state index contributed by atoms with van der Waals surface area (Å²) in [5.41, 5.74) is 1.42. The molecule has 7 nitrogen and oxygen atoms in total. The minimum Gasteiger partial charge on any atom is -0.488 e. The molecule has 4 rings (SSSR count). The van der Waals surface area contributed by atoms with E-state index >= 15 is 0 Å². The van der Waals surface area contributed by atoms with Crippen molar-refractivity contribution in [2.75, 3.05) is 25.3 Å². The Morgan fingerprint density at radius 2 is 1.97 bits per heavy atom. The summed E-state index contributed by atoms with van der Waals surface area (Å²) >= 11 is 3.15. The van der Waals surface area contributed by atoms with Crippen LogP contribution in [0.3, 0.4) is 0 Å². The summed E-state index contributed by atoms with van der Waals surface area (Å²) in [5.74, 6) is 1.46. The van der Waals surface area contributed by atoms with Crippen molar-refractivity contribution in [3.8, 4) is 17.2 Å². The number of methoxy groups -OCH3 is 1. The van der Waals surface area contributed by atoms with E-state index in [4.69, 9.17) is 14.2 Å². The lowest BCUT2D eigenvalue weighted by molar-refractivity contribution is 0.0916. The summed E-state index contributed by atoms with van der Waals surface area (Å²) in [5, 5.41) is 6.74. The SMILES string of the molecule is COCC(C)Oc1cc(Oc2ccc(SC)cc2)cc(C(=O)Nc2nc3c(s2)CNC3)c1. The normalized spacial score (nSPS) is 13.5. The maximum Gasteiger partial charge on any atom is 0.257 e. The minimum absolute atomic E-state index is 0.179. The number of nitrogens with one attached hydrogen (secondary N) is 2. The fourth-order valence-corrected chi connectivity index (χ4v) is 4.64. The van der Waals surface area contributed by atoms with Crippen LogP contribution in [-0.4, -0.2) is 37.0 Å². The van der Waals surface area contributed by atoms with E-state index < -0.39 is 0 Å². The number of rotatable bonds is 9. The average Bonchev–Trinajstić information content (AvgIpc) is 3.36. The van der Waals surface area contributed by atoms with Crippen LogP contribution in [0.5, 0.6) is 17.2 Å². The van der Waals surface area contributed by atoms with Gasteiger partial charge in [0, 0.05) is 41.6 Å². The number of anilines is 1. The van der Waals surface area contributed by atoms with E-state index in [1.165, 1.54) is 11.3 Å². The topological polar surface area (TPSA) is 81.7 Å². The molecule has 9 heteroatoms. The number of amides is 1. The van der Waals surface area contributed by atoms with Crippen LogP contribution in [0.15, 0.2) is 47.4 Å². The molecule has 1 amide bonds. The van der Waals surface area contributed by atoms with Gasteiger partial charge < -0.3 is 19.5 Å². The monoisotopic (exact) mass is 471 g/mol. The maximum atomic E-state index is 13.0. The predicted octanol–water partition coefficient (Wildman–Crippen LogP) is 4.93. The van der Waals surface area contributed by atoms with Gasteiger partial charge in [-0.25, -0.2) is 4.98 Å². The van der Waals surface area contributed by atoms with Gasteiger partial charge in [0.05, 0.1) is 12.3 Å². The van der Waals surface area contributed by atoms with E-state index in [9.17, 15) is 4.79 Å². The summed E-state index contributed by atoms with van der Waals surface area (Å²) in [6.07, 6.45) is 1.84. The van der Waals surface area contributed by atoms with Gasteiger partial charge in [-0.15, -0.1) is 23.1 Å². The van der Waals surface area contributed by atoms with Gasteiger partial charge in [0.15, 0.2) is 5.13 Å². The molecule has 32 heavy (non-hydrogen) atoms. The summed E-state index contributed by atoms with van der Waals surface area (Å²) < 4.78 is 17.1. The van der Waals surface area contributed by atoms with Crippen LogP contribution in [-0.2, 0) is 17.8 Å². The van der Waals surface area contributed by atoms with Crippen molar-refractivity contribution in [1.29, 1.82) is 0 Å². The molecule has 0 bridgehead atoms. The maximum absolute atomic E-state index is 13.0. The number of ether oxygens (including phenoxy) is 3. The Kier molecular flexibility index (Phi) is 7.31. The first kappa shape index (κ1) is 22.6. The molecule has 2 heterocycles.